The molecule has 1 amide bonds. The van der Waals surface area contributed by atoms with Gasteiger partial charge in [-0.05, 0) is 43.9 Å². The van der Waals surface area contributed by atoms with Crippen LogP contribution < -0.4 is 15.8 Å². The van der Waals surface area contributed by atoms with E-state index in [0.29, 0.717) is 29.8 Å². The van der Waals surface area contributed by atoms with E-state index in [1.807, 2.05) is 25.1 Å². The molecule has 0 bridgehead atoms. The van der Waals surface area contributed by atoms with Gasteiger partial charge >= 0.3 is 0 Å². The summed E-state index contributed by atoms with van der Waals surface area (Å²) in [5.41, 5.74) is 6.84. The lowest BCUT2D eigenvalue weighted by Crippen LogP contribution is -2.26. The highest BCUT2D eigenvalue weighted by molar-refractivity contribution is 6.32. The van der Waals surface area contributed by atoms with Crippen LogP contribution in [0.15, 0.2) is 18.2 Å². The number of amides is 1. The van der Waals surface area contributed by atoms with Crippen molar-refractivity contribution < 1.29 is 9.53 Å². The van der Waals surface area contributed by atoms with E-state index in [4.69, 9.17) is 22.1 Å². The number of carbonyl (C=O) groups is 1. The van der Waals surface area contributed by atoms with Crippen molar-refractivity contribution >= 4 is 17.5 Å². The molecule has 0 heterocycles. The Morgan fingerprint density at radius 1 is 1.55 bits per heavy atom. The summed E-state index contributed by atoms with van der Waals surface area (Å²) in [6.45, 7) is 2.29. The van der Waals surface area contributed by atoms with Crippen LogP contribution in [0.25, 0.3) is 0 Å². The maximum Gasteiger partial charge on any atom is 0.223 e. The summed E-state index contributed by atoms with van der Waals surface area (Å²) in [5, 5.41) is 3.48. The minimum absolute atomic E-state index is 0.0391. The van der Waals surface area contributed by atoms with Gasteiger partial charge in [0.25, 0.3) is 0 Å². The molecule has 1 fully saturated rings. The van der Waals surface area contributed by atoms with Crippen LogP contribution in [0.2, 0.25) is 5.02 Å². The van der Waals surface area contributed by atoms with E-state index in [1.165, 1.54) is 0 Å². The molecule has 0 aromatic heterocycles. The molecule has 1 aliphatic rings. The van der Waals surface area contributed by atoms with Crippen LogP contribution in [-0.4, -0.2) is 24.6 Å². The van der Waals surface area contributed by atoms with Crippen LogP contribution in [0.5, 0.6) is 5.75 Å². The van der Waals surface area contributed by atoms with Gasteiger partial charge in [-0.1, -0.05) is 17.7 Å². The first-order valence-corrected chi connectivity index (χ1v) is 7.38. The Bertz CT molecular complexity index is 473. The van der Waals surface area contributed by atoms with Gasteiger partial charge in [-0.2, -0.15) is 0 Å². The molecule has 1 atom stereocenters. The molecule has 110 valence electrons. The number of halogens is 1. The Morgan fingerprint density at radius 3 is 2.90 bits per heavy atom. The van der Waals surface area contributed by atoms with Crippen molar-refractivity contribution in [3.05, 3.63) is 28.8 Å². The zero-order valence-electron chi connectivity index (χ0n) is 11.7. The van der Waals surface area contributed by atoms with E-state index < -0.39 is 0 Å². The minimum Gasteiger partial charge on any atom is -0.491 e. The lowest BCUT2D eigenvalue weighted by Gasteiger charge is -2.11. The Kier molecular flexibility index (Phi) is 5.26. The second-order valence-electron chi connectivity index (χ2n) is 5.39. The summed E-state index contributed by atoms with van der Waals surface area (Å²) >= 11 is 6.16. The molecule has 4 nitrogen and oxygen atoms in total. The van der Waals surface area contributed by atoms with Crippen LogP contribution in [0.3, 0.4) is 0 Å². The van der Waals surface area contributed by atoms with Gasteiger partial charge in [-0.3, -0.25) is 4.79 Å². The summed E-state index contributed by atoms with van der Waals surface area (Å²) in [6, 6.07) is 6.14. The molecule has 0 spiro atoms. The van der Waals surface area contributed by atoms with Crippen molar-refractivity contribution in [3.8, 4) is 5.75 Å². The molecule has 1 aromatic rings. The normalized spacial score (nSPS) is 15.8. The van der Waals surface area contributed by atoms with Crippen molar-refractivity contribution in [2.24, 2.45) is 5.73 Å². The Hall–Kier alpha value is -1.26. The highest BCUT2D eigenvalue weighted by Crippen LogP contribution is 2.26. The van der Waals surface area contributed by atoms with Gasteiger partial charge in [0, 0.05) is 12.1 Å². The number of hydrogen-bond donors (Lipinski definition) is 2. The van der Waals surface area contributed by atoms with Gasteiger partial charge in [0.2, 0.25) is 5.91 Å². The smallest absolute Gasteiger partial charge is 0.223 e. The standard InChI is InChI=1S/C15H21ClN2O2/c1-10(17)8-11-2-5-14(13(16)9-11)20-7-6-15(19)18-12-3-4-12/h2,5,9-10,12H,3-4,6-8,17H2,1H3,(H,18,19). The van der Waals surface area contributed by atoms with Crippen LogP contribution in [0, 0.1) is 0 Å². The molecular weight excluding hydrogens is 276 g/mol. The van der Waals surface area contributed by atoms with Gasteiger partial charge in [-0.25, -0.2) is 0 Å². The van der Waals surface area contributed by atoms with Gasteiger partial charge in [0.15, 0.2) is 0 Å². The first kappa shape index (κ1) is 15.1. The molecule has 20 heavy (non-hydrogen) atoms. The predicted octanol–water partition coefficient (Wildman–Crippen LogP) is 2.28. The Labute approximate surface area is 124 Å². The van der Waals surface area contributed by atoms with Crippen LogP contribution >= 0.6 is 11.6 Å². The molecular formula is C15H21ClN2O2. The molecule has 1 saturated carbocycles. The van der Waals surface area contributed by atoms with Crippen molar-refractivity contribution in [2.75, 3.05) is 6.61 Å². The number of carbonyl (C=O) groups excluding carboxylic acids is 1. The lowest BCUT2D eigenvalue weighted by molar-refractivity contribution is -0.121. The number of hydrogen-bond acceptors (Lipinski definition) is 3. The maximum absolute atomic E-state index is 11.5. The zero-order chi connectivity index (χ0) is 14.5. The largest absolute Gasteiger partial charge is 0.491 e. The summed E-state index contributed by atoms with van der Waals surface area (Å²) in [4.78, 5) is 11.5. The number of nitrogens with one attached hydrogen (secondary N) is 1. The first-order valence-electron chi connectivity index (χ1n) is 7.01. The number of benzene rings is 1. The van der Waals surface area contributed by atoms with E-state index in [1.54, 1.807) is 0 Å². The summed E-state index contributed by atoms with van der Waals surface area (Å²) < 4.78 is 5.55. The third kappa shape index (κ3) is 5.02. The lowest BCUT2D eigenvalue weighted by atomic mass is 10.1. The number of ether oxygens (including phenoxy) is 1. The van der Waals surface area contributed by atoms with Crippen LogP contribution in [-0.2, 0) is 11.2 Å². The van der Waals surface area contributed by atoms with Crippen molar-refractivity contribution in [3.63, 3.8) is 0 Å². The average Bonchev–Trinajstić information content (AvgIpc) is 3.15. The third-order valence-electron chi connectivity index (χ3n) is 3.08. The van der Waals surface area contributed by atoms with E-state index in [0.717, 1.165) is 24.8 Å². The van der Waals surface area contributed by atoms with E-state index in [9.17, 15) is 4.79 Å². The van der Waals surface area contributed by atoms with E-state index in [2.05, 4.69) is 5.32 Å². The Morgan fingerprint density at radius 2 is 2.30 bits per heavy atom. The topological polar surface area (TPSA) is 64.3 Å². The average molecular weight is 297 g/mol. The predicted molar refractivity (Wildman–Crippen MR) is 80.1 cm³/mol. The number of rotatable bonds is 7. The third-order valence-corrected chi connectivity index (χ3v) is 3.38. The highest BCUT2D eigenvalue weighted by atomic mass is 35.5. The van der Waals surface area contributed by atoms with Crippen LogP contribution in [0.4, 0.5) is 0 Å². The molecule has 3 N–H and O–H groups in total. The second kappa shape index (κ2) is 6.95. The highest BCUT2D eigenvalue weighted by Gasteiger charge is 2.22. The van der Waals surface area contributed by atoms with Gasteiger partial charge in [0.05, 0.1) is 18.1 Å². The van der Waals surface area contributed by atoms with Crippen molar-refractivity contribution in [1.82, 2.24) is 5.32 Å². The van der Waals surface area contributed by atoms with E-state index >= 15 is 0 Å². The first-order chi connectivity index (χ1) is 9.54. The van der Waals surface area contributed by atoms with Gasteiger partial charge in [-0.15, -0.1) is 0 Å². The summed E-state index contributed by atoms with van der Waals surface area (Å²) in [6.07, 6.45) is 3.33. The van der Waals surface area contributed by atoms with Gasteiger partial charge < -0.3 is 15.8 Å². The molecule has 0 saturated heterocycles. The molecule has 1 unspecified atom stereocenters. The maximum atomic E-state index is 11.5. The fourth-order valence-corrected chi connectivity index (χ4v) is 2.20. The fourth-order valence-electron chi connectivity index (χ4n) is 1.94. The SMILES string of the molecule is CC(N)Cc1ccc(OCCC(=O)NC2CC2)c(Cl)c1. The van der Waals surface area contributed by atoms with Crippen LogP contribution in [0.1, 0.15) is 31.7 Å². The van der Waals surface area contributed by atoms with Crippen molar-refractivity contribution in [2.45, 2.75) is 44.7 Å². The molecule has 1 aliphatic carbocycles. The second-order valence-corrected chi connectivity index (χ2v) is 5.79. The monoisotopic (exact) mass is 296 g/mol. The van der Waals surface area contributed by atoms with Gasteiger partial charge in [0.1, 0.15) is 5.75 Å². The molecule has 0 aliphatic heterocycles. The number of nitrogens with two attached hydrogens (primary N) is 1. The molecule has 0 radical (unpaired) electrons. The summed E-state index contributed by atoms with van der Waals surface area (Å²) in [5.74, 6) is 0.650. The summed E-state index contributed by atoms with van der Waals surface area (Å²) in [7, 11) is 0. The zero-order valence-corrected chi connectivity index (χ0v) is 12.5. The molecule has 1 aromatic carbocycles. The van der Waals surface area contributed by atoms with Crippen molar-refractivity contribution in [1.29, 1.82) is 0 Å². The minimum atomic E-state index is 0.0391. The quantitative estimate of drug-likeness (QED) is 0.811. The van der Waals surface area contributed by atoms with E-state index in [-0.39, 0.29) is 11.9 Å². The Balaban J connectivity index is 1.78. The molecule has 2 rings (SSSR count). The molecule has 5 heteroatoms. The fraction of sp³-hybridized carbons (Fsp3) is 0.533.